The number of esters is 3. The Hall–Kier alpha value is -3.19. The van der Waals surface area contributed by atoms with Crippen LogP contribution >= 0.6 is 0 Å². The molecule has 0 saturated carbocycles. The molecule has 0 fully saturated rings. The molecule has 68 heavy (non-hydrogen) atoms. The second-order valence-electron chi connectivity index (χ2n) is 19.4. The first-order valence-electron chi connectivity index (χ1n) is 28.4. The Bertz CT molecular complexity index is 1260. The van der Waals surface area contributed by atoms with Crippen molar-refractivity contribution in [3.8, 4) is 0 Å². The van der Waals surface area contributed by atoms with Crippen molar-refractivity contribution in [2.75, 3.05) is 19.6 Å². The molecule has 0 aromatic rings. The molecule has 7 heteroatoms. The molecule has 0 aliphatic heterocycles. The third-order valence-electron chi connectivity index (χ3n) is 12.0. The lowest BCUT2D eigenvalue weighted by atomic mass is 10.1. The van der Waals surface area contributed by atoms with Gasteiger partial charge in [-0.05, 0) is 130 Å². The highest BCUT2D eigenvalue weighted by molar-refractivity contribution is 5.70. The van der Waals surface area contributed by atoms with Crippen LogP contribution < -0.4 is 0 Å². The molecule has 0 aromatic heterocycles. The van der Waals surface area contributed by atoms with Crippen LogP contribution in [0, 0.1) is 0 Å². The Kier molecular flexibility index (Phi) is 49.2. The number of hydrogen-bond donors (Lipinski definition) is 0. The van der Waals surface area contributed by atoms with Crippen LogP contribution in [0.1, 0.15) is 260 Å². The van der Waals surface area contributed by atoms with Gasteiger partial charge in [0.1, 0.15) is 18.3 Å². The van der Waals surface area contributed by atoms with E-state index in [1.807, 2.05) is 20.8 Å². The number of allylic oxidation sites excluding steroid dienone is 12. The molecule has 0 aliphatic rings. The predicted octanol–water partition coefficient (Wildman–Crippen LogP) is 17.7. The van der Waals surface area contributed by atoms with Crippen molar-refractivity contribution in [2.45, 2.75) is 278 Å². The lowest BCUT2D eigenvalue weighted by molar-refractivity contribution is -0.151. The van der Waals surface area contributed by atoms with E-state index in [1.54, 1.807) is 0 Å². The van der Waals surface area contributed by atoms with Crippen molar-refractivity contribution in [3.05, 3.63) is 72.9 Å². The van der Waals surface area contributed by atoms with Crippen LogP contribution in [0.25, 0.3) is 0 Å². The first kappa shape index (κ1) is 64.8. The fraction of sp³-hybridized carbons (Fsp3) is 0.754. The van der Waals surface area contributed by atoms with Crippen LogP contribution in [0.15, 0.2) is 72.9 Å². The van der Waals surface area contributed by atoms with Crippen LogP contribution in [0.2, 0.25) is 0 Å². The van der Waals surface area contributed by atoms with E-state index >= 15 is 0 Å². The van der Waals surface area contributed by atoms with Gasteiger partial charge in [0.15, 0.2) is 0 Å². The minimum Gasteiger partial charge on any atom is -0.461 e. The maximum atomic E-state index is 12.8. The number of hydrogen-bond acceptors (Lipinski definition) is 7. The van der Waals surface area contributed by atoms with Gasteiger partial charge in [-0.25, -0.2) is 0 Å². The van der Waals surface area contributed by atoms with Gasteiger partial charge in [0.25, 0.3) is 0 Å². The van der Waals surface area contributed by atoms with E-state index in [9.17, 15) is 14.4 Å². The average Bonchev–Trinajstić information content (AvgIpc) is 3.30. The Morgan fingerprint density at radius 2 is 0.559 bits per heavy atom. The van der Waals surface area contributed by atoms with Crippen LogP contribution in [-0.4, -0.2) is 60.8 Å². The summed E-state index contributed by atoms with van der Waals surface area (Å²) < 4.78 is 17.6. The third-order valence-corrected chi connectivity index (χ3v) is 12.0. The van der Waals surface area contributed by atoms with Crippen LogP contribution in [0.5, 0.6) is 0 Å². The first-order chi connectivity index (χ1) is 33.2. The molecule has 0 spiro atoms. The monoisotopic (exact) mass is 950 g/mol. The van der Waals surface area contributed by atoms with E-state index in [1.165, 1.54) is 96.3 Å². The normalized spacial score (nSPS) is 13.6. The number of carbonyl (C=O) groups is 3. The van der Waals surface area contributed by atoms with Crippen molar-refractivity contribution in [2.24, 2.45) is 0 Å². The van der Waals surface area contributed by atoms with Gasteiger partial charge in [-0.1, -0.05) is 184 Å². The van der Waals surface area contributed by atoms with E-state index in [0.29, 0.717) is 38.9 Å². The molecule has 3 atom stereocenters. The maximum Gasteiger partial charge on any atom is 0.306 e. The molecule has 0 amide bonds. The van der Waals surface area contributed by atoms with Crippen molar-refractivity contribution in [3.63, 3.8) is 0 Å². The summed E-state index contributed by atoms with van der Waals surface area (Å²) in [4.78, 5) is 40.6. The van der Waals surface area contributed by atoms with Gasteiger partial charge in [-0.3, -0.25) is 19.3 Å². The lowest BCUT2D eigenvalue weighted by Crippen LogP contribution is -2.43. The highest BCUT2D eigenvalue weighted by atomic mass is 16.6. The molecule has 0 radical (unpaired) electrons. The molecule has 392 valence electrons. The third kappa shape index (κ3) is 49.2. The maximum absolute atomic E-state index is 12.8. The first-order valence-corrected chi connectivity index (χ1v) is 28.4. The molecule has 0 aromatic carbocycles. The molecule has 0 heterocycles. The zero-order chi connectivity index (χ0) is 49.8. The van der Waals surface area contributed by atoms with Crippen molar-refractivity contribution in [1.82, 2.24) is 4.90 Å². The Labute approximate surface area is 420 Å². The van der Waals surface area contributed by atoms with Gasteiger partial charge in [-0.2, -0.15) is 0 Å². The Balaban J connectivity index is 4.75. The van der Waals surface area contributed by atoms with Crippen LogP contribution in [-0.2, 0) is 28.6 Å². The topological polar surface area (TPSA) is 82.1 Å². The standard InChI is InChI=1S/C61H107NO6/c1-7-10-13-16-19-22-25-28-30-33-36-39-42-45-48-51-60(64)67-57(5)54-62(53-56(4)66-59(63)50-47-44-41-38-35-32-27-24-21-18-15-12-9-3)55-58(6)68-61(65)52-49-46-43-40-37-34-31-29-26-23-20-17-14-11-8-2/h18-23,27-32,56-58H,7-17,24-26,33-55H2,1-6H3/b21-18-,22-19-,23-20-,30-28-,31-29-,32-27-. The van der Waals surface area contributed by atoms with Gasteiger partial charge < -0.3 is 14.2 Å². The minimum atomic E-state index is -0.352. The zero-order valence-corrected chi connectivity index (χ0v) is 45.2. The van der Waals surface area contributed by atoms with Crippen LogP contribution in [0.3, 0.4) is 0 Å². The van der Waals surface area contributed by atoms with Crippen molar-refractivity contribution >= 4 is 17.9 Å². The molecule has 3 unspecified atom stereocenters. The van der Waals surface area contributed by atoms with Crippen molar-refractivity contribution in [1.29, 1.82) is 0 Å². The summed E-state index contributed by atoms with van der Waals surface area (Å²) in [6, 6.07) is 0. The highest BCUT2D eigenvalue weighted by Crippen LogP contribution is 2.14. The number of nitrogens with zero attached hydrogens (tertiary/aromatic N) is 1. The van der Waals surface area contributed by atoms with E-state index in [2.05, 4.69) is 98.6 Å². The SMILES string of the molecule is CCCC/C=C\C/C=C\CCCCCCC(=O)OC(C)CN(CC(C)OC(=O)CCCCCCC/C=C\C/C=C\CCCCC)CC(C)OC(=O)CCCCCCC/C=C\C/C=C\CCCCC. The average molecular weight is 951 g/mol. The van der Waals surface area contributed by atoms with E-state index < -0.39 is 0 Å². The van der Waals surface area contributed by atoms with Gasteiger partial charge in [-0.15, -0.1) is 0 Å². The summed E-state index contributed by atoms with van der Waals surface area (Å²) in [5, 5.41) is 0. The molecular formula is C61H107NO6. The quantitative estimate of drug-likeness (QED) is 0.0260. The molecule has 0 saturated heterocycles. The summed E-state index contributed by atoms with van der Waals surface area (Å²) >= 11 is 0. The minimum absolute atomic E-state index is 0.176. The van der Waals surface area contributed by atoms with Crippen LogP contribution in [0.4, 0.5) is 0 Å². The lowest BCUT2D eigenvalue weighted by Gasteiger charge is -2.30. The summed E-state index contributed by atoms with van der Waals surface area (Å²) in [7, 11) is 0. The second kappa shape index (κ2) is 51.7. The Morgan fingerprint density at radius 3 is 0.838 bits per heavy atom. The second-order valence-corrected chi connectivity index (χ2v) is 19.4. The Morgan fingerprint density at radius 1 is 0.324 bits per heavy atom. The van der Waals surface area contributed by atoms with Crippen molar-refractivity contribution < 1.29 is 28.6 Å². The van der Waals surface area contributed by atoms with Gasteiger partial charge in [0, 0.05) is 38.9 Å². The zero-order valence-electron chi connectivity index (χ0n) is 45.2. The predicted molar refractivity (Wildman–Crippen MR) is 292 cm³/mol. The van der Waals surface area contributed by atoms with Gasteiger partial charge in [0.2, 0.25) is 0 Å². The molecule has 0 aliphatic carbocycles. The summed E-state index contributed by atoms with van der Waals surface area (Å²) in [6.45, 7) is 13.8. The van der Waals surface area contributed by atoms with Gasteiger partial charge >= 0.3 is 17.9 Å². The number of ether oxygens (including phenoxy) is 3. The van der Waals surface area contributed by atoms with Gasteiger partial charge in [0.05, 0.1) is 0 Å². The molecule has 7 nitrogen and oxygen atoms in total. The molecular weight excluding hydrogens is 843 g/mol. The molecule has 0 rings (SSSR count). The smallest absolute Gasteiger partial charge is 0.306 e. The summed E-state index contributed by atoms with van der Waals surface area (Å²) in [5.74, 6) is -0.531. The van der Waals surface area contributed by atoms with E-state index in [4.69, 9.17) is 14.2 Å². The largest absolute Gasteiger partial charge is 0.461 e. The number of carbonyl (C=O) groups excluding carboxylic acids is 3. The highest BCUT2D eigenvalue weighted by Gasteiger charge is 2.22. The molecule has 0 N–H and O–H groups in total. The number of unbranched alkanes of at least 4 members (excludes halogenated alkanes) is 22. The van der Waals surface area contributed by atoms with E-state index in [0.717, 1.165) is 103 Å². The van der Waals surface area contributed by atoms with E-state index in [-0.39, 0.29) is 36.2 Å². The summed E-state index contributed by atoms with van der Waals surface area (Å²) in [6.07, 6.45) is 62.5. The fourth-order valence-electron chi connectivity index (χ4n) is 8.15. The fourth-order valence-corrected chi connectivity index (χ4v) is 8.15. The summed E-state index contributed by atoms with van der Waals surface area (Å²) in [5.41, 5.74) is 0. The number of rotatable bonds is 49. The molecule has 0 bridgehead atoms.